The number of aromatic nitrogens is 1. The number of hydrogen-bond acceptors (Lipinski definition) is 7. The van der Waals surface area contributed by atoms with Crippen LogP contribution in [0.1, 0.15) is 74.1 Å². The molecule has 1 unspecified atom stereocenters. The summed E-state index contributed by atoms with van der Waals surface area (Å²) in [4.78, 5) is 29.9. The highest BCUT2D eigenvalue weighted by Gasteiger charge is 2.50. The summed E-state index contributed by atoms with van der Waals surface area (Å²) in [5, 5.41) is 6.10. The summed E-state index contributed by atoms with van der Waals surface area (Å²) in [7, 11) is -0.224. The molecule has 0 spiro atoms. The Balaban J connectivity index is 1.54. The lowest BCUT2D eigenvalue weighted by Gasteiger charge is -2.32. The molecule has 2 N–H and O–H groups in total. The highest BCUT2D eigenvalue weighted by Crippen LogP contribution is 2.38. The van der Waals surface area contributed by atoms with E-state index in [4.69, 9.17) is 14.0 Å². The van der Waals surface area contributed by atoms with Crippen LogP contribution < -0.4 is 10.6 Å². The number of nitrogens with one attached hydrogen (secondary N) is 2. The Labute approximate surface area is 212 Å². The molecule has 1 atom stereocenters. The van der Waals surface area contributed by atoms with E-state index in [1.165, 1.54) is 11.3 Å². The van der Waals surface area contributed by atoms with Gasteiger partial charge in [-0.05, 0) is 73.3 Å². The number of para-hydroxylation sites is 1. The van der Waals surface area contributed by atoms with Crippen LogP contribution >= 0.6 is 11.3 Å². The molecule has 1 aliphatic heterocycles. The fourth-order valence-corrected chi connectivity index (χ4v) is 4.62. The average molecular weight is 503 g/mol. The largest absolute Gasteiger partial charge is 0.457 e. The quantitative estimate of drug-likeness (QED) is 0.333. The summed E-state index contributed by atoms with van der Waals surface area (Å²) in [6.45, 7) is 13.6. The highest BCUT2D eigenvalue weighted by atomic mass is 32.1. The van der Waals surface area contributed by atoms with E-state index in [0.717, 1.165) is 35.8 Å². The number of benzene rings is 1. The lowest BCUT2D eigenvalue weighted by molar-refractivity contribution is -0.118. The van der Waals surface area contributed by atoms with Crippen molar-refractivity contribution in [3.8, 4) is 0 Å². The van der Waals surface area contributed by atoms with Crippen molar-refractivity contribution < 1.29 is 23.6 Å². The molecule has 1 aromatic heterocycles. The molecule has 8 nitrogen and oxygen atoms in total. The first kappa shape index (κ1) is 27.4. The van der Waals surface area contributed by atoms with Crippen molar-refractivity contribution in [1.29, 1.82) is 0 Å². The summed E-state index contributed by atoms with van der Waals surface area (Å²) in [5.41, 5.74) is -0.495. The molecule has 1 aromatic carbocycles. The Morgan fingerprint density at radius 2 is 1.74 bits per heavy atom. The fourth-order valence-electron chi connectivity index (χ4n) is 3.76. The smallest absolute Gasteiger partial charge is 0.444 e. The van der Waals surface area contributed by atoms with E-state index < -0.39 is 17.7 Å². The molecule has 1 fully saturated rings. The normalized spacial score (nSPS) is 17.9. The van der Waals surface area contributed by atoms with Gasteiger partial charge in [0, 0.05) is 0 Å². The highest BCUT2D eigenvalue weighted by molar-refractivity contribution is 7.22. The second-order valence-electron chi connectivity index (χ2n) is 11.0. The molecule has 192 valence electrons. The predicted octanol–water partition coefficient (Wildman–Crippen LogP) is 5.78. The zero-order valence-corrected chi connectivity index (χ0v) is 22.7. The molecule has 2 heterocycles. The van der Waals surface area contributed by atoms with Crippen molar-refractivity contribution in [2.24, 2.45) is 0 Å². The molecule has 0 saturated carbocycles. The van der Waals surface area contributed by atoms with E-state index in [-0.39, 0.29) is 24.2 Å². The second kappa shape index (κ2) is 10.8. The molecule has 0 bridgehead atoms. The van der Waals surface area contributed by atoms with Gasteiger partial charge in [-0.3, -0.25) is 4.79 Å². The minimum atomic E-state index is -0.728. The predicted molar refractivity (Wildman–Crippen MR) is 141 cm³/mol. The third-order valence-electron chi connectivity index (χ3n) is 6.27. The molecule has 1 aliphatic rings. The lowest BCUT2D eigenvalue weighted by atomic mass is 9.82. The number of fused-ring (bicyclic) bond motifs is 1. The Kier molecular flexibility index (Phi) is 8.50. The summed E-state index contributed by atoms with van der Waals surface area (Å²) in [6.07, 6.45) is 3.20. The monoisotopic (exact) mass is 503 g/mol. The number of hydrogen-bond donors (Lipinski definition) is 2. The third-order valence-corrected chi connectivity index (χ3v) is 7.22. The molecule has 10 heteroatoms. The van der Waals surface area contributed by atoms with Gasteiger partial charge >= 0.3 is 13.2 Å². The zero-order valence-electron chi connectivity index (χ0n) is 21.9. The maximum absolute atomic E-state index is 13.1. The Morgan fingerprint density at radius 3 is 2.37 bits per heavy atom. The topological polar surface area (TPSA) is 98.8 Å². The number of amides is 2. The SMILES string of the molecule is CC(C)(C)OC(=O)NC(CCCCCB1OC(C)(C)C(C)(C)O1)C(=O)Nc1nc2ccccc2s1. The summed E-state index contributed by atoms with van der Waals surface area (Å²) in [5.74, 6) is -0.305. The molecule has 0 radical (unpaired) electrons. The number of thiazole rings is 1. The van der Waals surface area contributed by atoms with Crippen LogP contribution in [0.15, 0.2) is 24.3 Å². The minimum absolute atomic E-state index is 0.224. The van der Waals surface area contributed by atoms with E-state index in [1.54, 1.807) is 20.8 Å². The molecule has 1 saturated heterocycles. The molecule has 35 heavy (non-hydrogen) atoms. The van der Waals surface area contributed by atoms with E-state index in [2.05, 4.69) is 15.6 Å². The number of carbonyl (C=O) groups is 2. The standard InChI is InChI=1S/C25H38BN3O5S/c1-23(2,3)32-22(31)28-18(20(30)29-21-27-17-13-10-11-15-19(17)35-21)14-9-8-12-16-26-33-24(4,5)25(6,7)34-26/h10-11,13,15,18H,8-9,12,14,16H2,1-7H3,(H,28,31)(H,27,29,30). The van der Waals surface area contributed by atoms with Crippen molar-refractivity contribution in [3.63, 3.8) is 0 Å². The van der Waals surface area contributed by atoms with Gasteiger partial charge in [0.15, 0.2) is 5.13 Å². The number of alkyl carbamates (subject to hydrolysis) is 1. The van der Waals surface area contributed by atoms with Gasteiger partial charge in [0.25, 0.3) is 0 Å². The van der Waals surface area contributed by atoms with Crippen LogP contribution in [0, 0.1) is 0 Å². The van der Waals surface area contributed by atoms with Crippen LogP contribution in [0.3, 0.4) is 0 Å². The lowest BCUT2D eigenvalue weighted by Crippen LogP contribution is -2.45. The van der Waals surface area contributed by atoms with Crippen LogP contribution in [-0.4, -0.2) is 46.9 Å². The first-order valence-electron chi connectivity index (χ1n) is 12.3. The third kappa shape index (κ3) is 7.66. The Hall–Kier alpha value is -2.17. The zero-order chi connectivity index (χ0) is 25.9. The van der Waals surface area contributed by atoms with Gasteiger partial charge in [-0.1, -0.05) is 42.7 Å². The first-order valence-corrected chi connectivity index (χ1v) is 13.1. The van der Waals surface area contributed by atoms with E-state index in [1.807, 2.05) is 52.0 Å². The maximum atomic E-state index is 13.1. The summed E-state index contributed by atoms with van der Waals surface area (Å²) >= 11 is 1.40. The molecule has 0 aliphatic carbocycles. The first-order chi connectivity index (χ1) is 16.3. The Morgan fingerprint density at radius 1 is 1.09 bits per heavy atom. The van der Waals surface area contributed by atoms with Crippen LogP contribution in [-0.2, 0) is 18.8 Å². The molecule has 2 amide bonds. The van der Waals surface area contributed by atoms with Crippen molar-refractivity contribution in [2.75, 3.05) is 5.32 Å². The summed E-state index contributed by atoms with van der Waals surface area (Å²) in [6, 6.07) is 6.97. The minimum Gasteiger partial charge on any atom is -0.444 e. The number of rotatable bonds is 9. The molecule has 3 rings (SSSR count). The van der Waals surface area contributed by atoms with E-state index in [9.17, 15) is 9.59 Å². The van der Waals surface area contributed by atoms with Crippen molar-refractivity contribution >= 4 is 45.8 Å². The van der Waals surface area contributed by atoms with Gasteiger partial charge in [-0.25, -0.2) is 9.78 Å². The number of ether oxygens (including phenoxy) is 1. The maximum Gasteiger partial charge on any atom is 0.457 e. The number of nitrogens with zero attached hydrogens (tertiary/aromatic N) is 1. The Bertz CT molecular complexity index is 985. The van der Waals surface area contributed by atoms with Crippen LogP contribution in [0.25, 0.3) is 10.2 Å². The number of carbonyl (C=O) groups excluding carboxylic acids is 2. The summed E-state index contributed by atoms with van der Waals surface area (Å²) < 4.78 is 18.5. The van der Waals surface area contributed by atoms with Gasteiger partial charge in [0.05, 0.1) is 21.4 Å². The average Bonchev–Trinajstić information content (AvgIpc) is 3.21. The van der Waals surface area contributed by atoms with E-state index in [0.29, 0.717) is 11.6 Å². The van der Waals surface area contributed by atoms with Crippen LogP contribution in [0.4, 0.5) is 9.93 Å². The van der Waals surface area contributed by atoms with Gasteiger partial charge in [-0.15, -0.1) is 0 Å². The van der Waals surface area contributed by atoms with Crippen molar-refractivity contribution in [3.05, 3.63) is 24.3 Å². The number of anilines is 1. The molecular formula is C25H38BN3O5S. The van der Waals surface area contributed by atoms with Gasteiger partial charge < -0.3 is 24.7 Å². The number of unbranched alkanes of at least 4 members (excludes halogenated alkanes) is 2. The van der Waals surface area contributed by atoms with E-state index >= 15 is 0 Å². The fraction of sp³-hybridized carbons (Fsp3) is 0.640. The van der Waals surface area contributed by atoms with Gasteiger partial charge in [-0.2, -0.15) is 0 Å². The van der Waals surface area contributed by atoms with Gasteiger partial charge in [0.1, 0.15) is 11.6 Å². The van der Waals surface area contributed by atoms with Crippen LogP contribution in [0.5, 0.6) is 0 Å². The molecular weight excluding hydrogens is 465 g/mol. The van der Waals surface area contributed by atoms with Crippen LogP contribution in [0.2, 0.25) is 6.32 Å². The van der Waals surface area contributed by atoms with Crippen molar-refractivity contribution in [2.45, 2.75) is 103 Å². The van der Waals surface area contributed by atoms with Gasteiger partial charge in [0.2, 0.25) is 5.91 Å². The molecule has 2 aromatic rings. The second-order valence-corrected chi connectivity index (χ2v) is 12.0. The van der Waals surface area contributed by atoms with Crippen molar-refractivity contribution in [1.82, 2.24) is 10.3 Å².